The molecule has 2 nitrogen and oxygen atoms in total. The number of carbonyl (C=O) groups excluding carboxylic acids is 1. The zero-order valence-electron chi connectivity index (χ0n) is 9.33. The Morgan fingerprint density at radius 3 is 2.93 bits per heavy atom. The van der Waals surface area contributed by atoms with E-state index in [1.165, 1.54) is 12.8 Å². The van der Waals surface area contributed by atoms with Gasteiger partial charge in [0, 0.05) is 31.0 Å². The summed E-state index contributed by atoms with van der Waals surface area (Å²) in [5.41, 5.74) is 0. The molecule has 80 valence electrons. The van der Waals surface area contributed by atoms with Crippen LogP contribution in [0.4, 0.5) is 0 Å². The second kappa shape index (κ2) is 4.01. The van der Waals surface area contributed by atoms with Gasteiger partial charge in [0.25, 0.3) is 0 Å². The van der Waals surface area contributed by atoms with Gasteiger partial charge in [-0.05, 0) is 26.2 Å². The molecule has 3 atom stereocenters. The van der Waals surface area contributed by atoms with Crippen LogP contribution >= 0.6 is 0 Å². The Labute approximate surface area is 86.7 Å². The normalized spacial score (nSPS) is 38.7. The number of carbonyl (C=O) groups is 1. The van der Waals surface area contributed by atoms with E-state index in [1.807, 2.05) is 0 Å². The molecule has 2 aliphatic rings. The Bertz CT molecular complexity index is 226. The largest absolute Gasteiger partial charge is 0.299 e. The number of ketones is 1. The fourth-order valence-corrected chi connectivity index (χ4v) is 3.19. The second-order valence-electron chi connectivity index (χ2n) is 4.84. The summed E-state index contributed by atoms with van der Waals surface area (Å²) in [6, 6.07) is 1.30. The molecule has 2 fully saturated rings. The van der Waals surface area contributed by atoms with Crippen molar-refractivity contribution in [3.63, 3.8) is 0 Å². The monoisotopic (exact) mass is 195 g/mol. The van der Waals surface area contributed by atoms with Gasteiger partial charge < -0.3 is 0 Å². The Kier molecular flexibility index (Phi) is 2.91. The first-order valence-electron chi connectivity index (χ1n) is 6.02. The van der Waals surface area contributed by atoms with Gasteiger partial charge in [-0.2, -0.15) is 0 Å². The number of Topliss-reactive ketones (excluding diaryl/α,β-unsaturated/α-hetero) is 1. The van der Waals surface area contributed by atoms with Crippen LogP contribution in [0.15, 0.2) is 0 Å². The molecule has 0 aliphatic carbocycles. The summed E-state index contributed by atoms with van der Waals surface area (Å²) in [6.07, 6.45) is 5.59. The average molecular weight is 195 g/mol. The Balaban J connectivity index is 2.09. The molecule has 0 bridgehead atoms. The van der Waals surface area contributed by atoms with Crippen LogP contribution in [0.3, 0.4) is 0 Å². The predicted molar refractivity (Wildman–Crippen MR) is 57.2 cm³/mol. The summed E-state index contributed by atoms with van der Waals surface area (Å²) >= 11 is 0. The topological polar surface area (TPSA) is 20.3 Å². The van der Waals surface area contributed by atoms with Crippen molar-refractivity contribution in [3.05, 3.63) is 0 Å². The van der Waals surface area contributed by atoms with Crippen LogP contribution in [-0.2, 0) is 4.79 Å². The maximum atomic E-state index is 11.8. The standard InChI is InChI=1S/C12H21NO/c1-3-4-10-11-6-5-9(2)13(11)8-7-12(10)14/h9-11H,3-8H2,1-2H3/t9-,10?,11+/m0/s1. The van der Waals surface area contributed by atoms with Crippen LogP contribution < -0.4 is 0 Å². The van der Waals surface area contributed by atoms with Crippen molar-refractivity contribution < 1.29 is 4.79 Å². The molecule has 0 radical (unpaired) electrons. The third-order valence-corrected chi connectivity index (χ3v) is 3.97. The van der Waals surface area contributed by atoms with Gasteiger partial charge in [0.15, 0.2) is 0 Å². The van der Waals surface area contributed by atoms with Crippen LogP contribution in [-0.4, -0.2) is 29.3 Å². The van der Waals surface area contributed by atoms with E-state index < -0.39 is 0 Å². The van der Waals surface area contributed by atoms with Crippen molar-refractivity contribution in [3.8, 4) is 0 Å². The zero-order valence-corrected chi connectivity index (χ0v) is 9.33. The minimum Gasteiger partial charge on any atom is -0.299 e. The van der Waals surface area contributed by atoms with Crippen molar-refractivity contribution >= 4 is 5.78 Å². The lowest BCUT2D eigenvalue weighted by Gasteiger charge is -2.37. The second-order valence-corrected chi connectivity index (χ2v) is 4.84. The molecule has 0 aromatic heterocycles. The van der Waals surface area contributed by atoms with Crippen molar-refractivity contribution in [1.29, 1.82) is 0 Å². The zero-order chi connectivity index (χ0) is 10.1. The number of hydrogen-bond donors (Lipinski definition) is 0. The van der Waals surface area contributed by atoms with Crippen LogP contribution in [0.25, 0.3) is 0 Å². The summed E-state index contributed by atoms with van der Waals surface area (Å²) in [7, 11) is 0. The molecule has 0 saturated carbocycles. The molecule has 2 heterocycles. The van der Waals surface area contributed by atoms with Crippen LogP contribution in [0.5, 0.6) is 0 Å². The number of piperidine rings is 1. The molecule has 0 amide bonds. The maximum Gasteiger partial charge on any atom is 0.138 e. The summed E-state index contributed by atoms with van der Waals surface area (Å²) in [5, 5.41) is 0. The van der Waals surface area contributed by atoms with E-state index in [2.05, 4.69) is 18.7 Å². The van der Waals surface area contributed by atoms with E-state index >= 15 is 0 Å². The third-order valence-electron chi connectivity index (χ3n) is 3.97. The van der Waals surface area contributed by atoms with Gasteiger partial charge in [-0.3, -0.25) is 9.69 Å². The van der Waals surface area contributed by atoms with Crippen molar-refractivity contribution in [1.82, 2.24) is 4.90 Å². The molecule has 2 aliphatic heterocycles. The lowest BCUT2D eigenvalue weighted by molar-refractivity contribution is -0.128. The minimum atomic E-state index is 0.360. The molecule has 2 saturated heterocycles. The van der Waals surface area contributed by atoms with E-state index in [1.54, 1.807) is 0 Å². The van der Waals surface area contributed by atoms with Crippen molar-refractivity contribution in [2.45, 2.75) is 58.0 Å². The van der Waals surface area contributed by atoms with Crippen molar-refractivity contribution in [2.75, 3.05) is 6.54 Å². The van der Waals surface area contributed by atoms with E-state index in [-0.39, 0.29) is 0 Å². The summed E-state index contributed by atoms with van der Waals surface area (Å²) in [5.74, 6) is 0.890. The molecule has 0 aromatic rings. The van der Waals surface area contributed by atoms with Crippen molar-refractivity contribution in [2.24, 2.45) is 5.92 Å². The first-order valence-corrected chi connectivity index (χ1v) is 6.02. The molecule has 14 heavy (non-hydrogen) atoms. The molecule has 2 rings (SSSR count). The molecule has 0 aromatic carbocycles. The molecule has 1 unspecified atom stereocenters. The van der Waals surface area contributed by atoms with Gasteiger partial charge >= 0.3 is 0 Å². The minimum absolute atomic E-state index is 0.360. The fraction of sp³-hybridized carbons (Fsp3) is 0.917. The maximum absolute atomic E-state index is 11.8. The average Bonchev–Trinajstić information content (AvgIpc) is 2.53. The van der Waals surface area contributed by atoms with E-state index in [0.29, 0.717) is 23.8 Å². The molecule has 2 heteroatoms. The SMILES string of the molecule is CCCC1C(=O)CCN2[C@@H]1CC[C@@H]2C. The number of rotatable bonds is 2. The number of fused-ring (bicyclic) bond motifs is 1. The quantitative estimate of drug-likeness (QED) is 0.673. The lowest BCUT2D eigenvalue weighted by atomic mass is 9.85. The van der Waals surface area contributed by atoms with Gasteiger partial charge in [0.2, 0.25) is 0 Å². The van der Waals surface area contributed by atoms with E-state index in [9.17, 15) is 4.79 Å². The Hall–Kier alpha value is -0.370. The number of nitrogens with zero attached hydrogens (tertiary/aromatic N) is 1. The molecular formula is C12H21NO. The Morgan fingerprint density at radius 2 is 2.21 bits per heavy atom. The first-order chi connectivity index (χ1) is 6.74. The van der Waals surface area contributed by atoms with E-state index in [0.717, 1.165) is 25.8 Å². The predicted octanol–water partition coefficient (Wildman–Crippen LogP) is 2.23. The lowest BCUT2D eigenvalue weighted by Crippen LogP contribution is -2.48. The van der Waals surface area contributed by atoms with Gasteiger partial charge in [0.1, 0.15) is 5.78 Å². The highest BCUT2D eigenvalue weighted by Crippen LogP contribution is 2.35. The van der Waals surface area contributed by atoms with Gasteiger partial charge in [-0.25, -0.2) is 0 Å². The smallest absolute Gasteiger partial charge is 0.138 e. The Morgan fingerprint density at radius 1 is 1.43 bits per heavy atom. The van der Waals surface area contributed by atoms with Crippen LogP contribution in [0.2, 0.25) is 0 Å². The van der Waals surface area contributed by atoms with Crippen LogP contribution in [0.1, 0.15) is 46.0 Å². The molecular weight excluding hydrogens is 174 g/mol. The van der Waals surface area contributed by atoms with E-state index in [4.69, 9.17) is 0 Å². The van der Waals surface area contributed by atoms with Gasteiger partial charge in [-0.15, -0.1) is 0 Å². The summed E-state index contributed by atoms with van der Waals surface area (Å²) < 4.78 is 0. The highest BCUT2D eigenvalue weighted by Gasteiger charge is 2.41. The summed E-state index contributed by atoms with van der Waals surface area (Å²) in [6.45, 7) is 5.51. The fourth-order valence-electron chi connectivity index (χ4n) is 3.19. The third kappa shape index (κ3) is 1.60. The first kappa shape index (κ1) is 10.2. The molecule has 0 spiro atoms. The van der Waals surface area contributed by atoms with Crippen LogP contribution in [0, 0.1) is 5.92 Å². The highest BCUT2D eigenvalue weighted by molar-refractivity contribution is 5.82. The van der Waals surface area contributed by atoms with Gasteiger partial charge in [0.05, 0.1) is 0 Å². The van der Waals surface area contributed by atoms with Gasteiger partial charge in [-0.1, -0.05) is 13.3 Å². The molecule has 0 N–H and O–H groups in total. The summed E-state index contributed by atoms with van der Waals surface area (Å²) in [4.78, 5) is 14.4. The number of hydrogen-bond acceptors (Lipinski definition) is 2. The highest BCUT2D eigenvalue weighted by atomic mass is 16.1.